The first kappa shape index (κ1) is 15.0. The number of guanidine groups is 1. The predicted molar refractivity (Wildman–Crippen MR) is 92.0 cm³/mol. The van der Waals surface area contributed by atoms with Gasteiger partial charge in [0.25, 0.3) is 0 Å². The van der Waals surface area contributed by atoms with Crippen LogP contribution < -0.4 is 5.73 Å². The lowest BCUT2D eigenvalue weighted by molar-refractivity contribution is 0.455. The van der Waals surface area contributed by atoms with Crippen molar-refractivity contribution < 1.29 is 0 Å². The quantitative estimate of drug-likeness (QED) is 0.690. The molecule has 0 aliphatic carbocycles. The highest BCUT2D eigenvalue weighted by Crippen LogP contribution is 2.11. The van der Waals surface area contributed by atoms with Gasteiger partial charge in [-0.2, -0.15) is 11.8 Å². The molecule has 2 N–H and O–H groups in total. The van der Waals surface area contributed by atoms with E-state index in [1.807, 2.05) is 24.3 Å². The summed E-state index contributed by atoms with van der Waals surface area (Å²) in [7, 11) is 0. The number of thioether (sulfide) groups is 1. The molecule has 2 heterocycles. The van der Waals surface area contributed by atoms with E-state index in [1.54, 1.807) is 6.20 Å². The maximum absolute atomic E-state index is 6.10. The molecule has 1 aliphatic heterocycles. The van der Waals surface area contributed by atoms with Crippen molar-refractivity contribution in [3.63, 3.8) is 0 Å². The van der Waals surface area contributed by atoms with Crippen molar-refractivity contribution in [3.8, 4) is 0 Å². The number of rotatable bonds is 4. The molecule has 0 atom stereocenters. The van der Waals surface area contributed by atoms with Gasteiger partial charge in [-0.3, -0.25) is 0 Å². The zero-order valence-electron chi connectivity index (χ0n) is 12.6. The van der Waals surface area contributed by atoms with E-state index in [1.165, 1.54) is 11.1 Å². The van der Waals surface area contributed by atoms with Crippen molar-refractivity contribution in [1.29, 1.82) is 0 Å². The van der Waals surface area contributed by atoms with Crippen molar-refractivity contribution in [3.05, 3.63) is 54.1 Å². The lowest BCUT2D eigenvalue weighted by atomic mass is 10.1. The van der Waals surface area contributed by atoms with E-state index < -0.39 is 0 Å². The fourth-order valence-corrected chi connectivity index (χ4v) is 3.39. The van der Waals surface area contributed by atoms with Crippen LogP contribution in [0.4, 0.5) is 0 Å². The van der Waals surface area contributed by atoms with Gasteiger partial charge in [-0.05, 0) is 11.1 Å². The Hall–Kier alpha value is -1.95. The van der Waals surface area contributed by atoms with E-state index in [4.69, 9.17) is 5.73 Å². The van der Waals surface area contributed by atoms with Crippen molar-refractivity contribution >= 4 is 17.7 Å². The van der Waals surface area contributed by atoms with Crippen LogP contribution in [-0.2, 0) is 13.1 Å². The van der Waals surface area contributed by atoms with E-state index in [9.17, 15) is 0 Å². The van der Waals surface area contributed by atoms with Gasteiger partial charge >= 0.3 is 0 Å². The Labute approximate surface area is 135 Å². The molecule has 22 heavy (non-hydrogen) atoms. The molecule has 0 bridgehead atoms. The van der Waals surface area contributed by atoms with Crippen LogP contribution in [0.3, 0.4) is 0 Å². The molecule has 0 unspecified atom stereocenters. The lowest BCUT2D eigenvalue weighted by Gasteiger charge is -2.27. The van der Waals surface area contributed by atoms with Crippen LogP contribution in [0.1, 0.15) is 11.1 Å². The minimum atomic E-state index is 0.632. The maximum Gasteiger partial charge on any atom is 0.191 e. The van der Waals surface area contributed by atoms with E-state index in [0.717, 1.165) is 31.1 Å². The minimum absolute atomic E-state index is 0.632. The number of nitrogens with zero attached hydrogens (tertiary/aromatic N) is 4. The second kappa shape index (κ2) is 7.35. The van der Waals surface area contributed by atoms with Gasteiger partial charge in [0.2, 0.25) is 0 Å². The summed E-state index contributed by atoms with van der Waals surface area (Å²) in [5.41, 5.74) is 8.53. The molecule has 1 aromatic heterocycles. The van der Waals surface area contributed by atoms with E-state index in [-0.39, 0.29) is 0 Å². The van der Waals surface area contributed by atoms with Gasteiger partial charge in [-0.1, -0.05) is 24.3 Å². The molecular weight excluding hydrogens is 294 g/mol. The van der Waals surface area contributed by atoms with Gasteiger partial charge in [0, 0.05) is 43.5 Å². The second-order valence-corrected chi connectivity index (χ2v) is 6.55. The van der Waals surface area contributed by atoms with Crippen LogP contribution in [0.25, 0.3) is 0 Å². The highest BCUT2D eigenvalue weighted by atomic mass is 32.2. The predicted octanol–water partition coefficient (Wildman–Crippen LogP) is 1.79. The standard InChI is InChI=1S/C16H21N5S/c17-16(21-6-8-22-9-7-21)19-11-14-2-1-3-15(10-14)12-20-5-4-18-13-20/h1-5,10,13H,6-9,11-12H2,(H2,17,19). The molecule has 1 aliphatic rings. The van der Waals surface area contributed by atoms with Crippen LogP contribution in [0.2, 0.25) is 0 Å². The molecule has 1 fully saturated rings. The minimum Gasteiger partial charge on any atom is -0.370 e. The number of imidazole rings is 1. The number of hydrogen-bond acceptors (Lipinski definition) is 3. The van der Waals surface area contributed by atoms with E-state index >= 15 is 0 Å². The molecular formula is C16H21N5S. The highest BCUT2D eigenvalue weighted by Gasteiger charge is 2.11. The summed E-state index contributed by atoms with van der Waals surface area (Å²) in [5.74, 6) is 2.94. The van der Waals surface area contributed by atoms with Gasteiger partial charge in [0.15, 0.2) is 5.96 Å². The van der Waals surface area contributed by atoms with Crippen LogP contribution in [0.5, 0.6) is 0 Å². The molecule has 6 heteroatoms. The number of benzene rings is 1. The van der Waals surface area contributed by atoms with E-state index in [0.29, 0.717) is 12.5 Å². The molecule has 0 amide bonds. The molecule has 0 radical (unpaired) electrons. The van der Waals surface area contributed by atoms with Crippen LogP contribution in [-0.4, -0.2) is 45.0 Å². The molecule has 2 aromatic rings. The third kappa shape index (κ3) is 4.04. The number of aromatic nitrogens is 2. The normalized spacial score (nSPS) is 16.0. The second-order valence-electron chi connectivity index (χ2n) is 5.33. The van der Waals surface area contributed by atoms with Crippen molar-refractivity contribution in [2.75, 3.05) is 24.6 Å². The Balaban J connectivity index is 1.62. The Bertz CT molecular complexity index is 617. The fraction of sp³-hybridized carbons (Fsp3) is 0.375. The van der Waals surface area contributed by atoms with Gasteiger partial charge < -0.3 is 15.2 Å². The summed E-state index contributed by atoms with van der Waals surface area (Å²) >= 11 is 1.97. The summed E-state index contributed by atoms with van der Waals surface area (Å²) in [4.78, 5) is 10.8. The molecule has 0 saturated carbocycles. The molecule has 3 rings (SSSR count). The smallest absolute Gasteiger partial charge is 0.191 e. The van der Waals surface area contributed by atoms with Crippen LogP contribution in [0.15, 0.2) is 48.0 Å². The maximum atomic E-state index is 6.10. The lowest BCUT2D eigenvalue weighted by Crippen LogP contribution is -2.42. The van der Waals surface area contributed by atoms with Crippen molar-refractivity contribution in [2.45, 2.75) is 13.1 Å². The molecule has 5 nitrogen and oxygen atoms in total. The summed E-state index contributed by atoms with van der Waals surface area (Å²) in [6, 6.07) is 8.48. The SMILES string of the molecule is NC(=NCc1cccc(Cn2ccnc2)c1)N1CCSCC1. The molecule has 116 valence electrons. The molecule has 1 aromatic carbocycles. The largest absolute Gasteiger partial charge is 0.370 e. The van der Waals surface area contributed by atoms with Gasteiger partial charge in [-0.25, -0.2) is 9.98 Å². The Morgan fingerprint density at radius 3 is 2.86 bits per heavy atom. The zero-order valence-corrected chi connectivity index (χ0v) is 13.4. The van der Waals surface area contributed by atoms with Crippen LogP contribution in [0, 0.1) is 0 Å². The Morgan fingerprint density at radius 2 is 2.09 bits per heavy atom. The van der Waals surface area contributed by atoms with Crippen LogP contribution >= 0.6 is 11.8 Å². The van der Waals surface area contributed by atoms with Crippen molar-refractivity contribution in [2.24, 2.45) is 10.7 Å². The molecule has 1 saturated heterocycles. The number of hydrogen-bond donors (Lipinski definition) is 1. The van der Waals surface area contributed by atoms with Gasteiger partial charge in [0.1, 0.15) is 0 Å². The first-order valence-electron chi connectivity index (χ1n) is 7.47. The molecule has 0 spiro atoms. The van der Waals surface area contributed by atoms with Crippen molar-refractivity contribution in [1.82, 2.24) is 14.5 Å². The summed E-state index contributed by atoms with van der Waals surface area (Å²) in [6.45, 7) is 3.46. The fourth-order valence-electron chi connectivity index (χ4n) is 2.48. The van der Waals surface area contributed by atoms with Gasteiger partial charge in [0.05, 0.1) is 12.9 Å². The average Bonchev–Trinajstić information content (AvgIpc) is 3.07. The number of aliphatic imine (C=N–C) groups is 1. The zero-order chi connectivity index (χ0) is 15.2. The third-order valence-electron chi connectivity index (χ3n) is 3.67. The summed E-state index contributed by atoms with van der Waals surface area (Å²) in [5, 5.41) is 0. The Morgan fingerprint density at radius 1 is 1.27 bits per heavy atom. The monoisotopic (exact) mass is 315 g/mol. The Kier molecular flexibility index (Phi) is 5.00. The average molecular weight is 315 g/mol. The van der Waals surface area contributed by atoms with E-state index in [2.05, 4.69) is 43.7 Å². The number of nitrogens with two attached hydrogens (primary N) is 1. The first-order valence-corrected chi connectivity index (χ1v) is 8.63. The summed E-state index contributed by atoms with van der Waals surface area (Å²) < 4.78 is 2.06. The topological polar surface area (TPSA) is 59.4 Å². The third-order valence-corrected chi connectivity index (χ3v) is 4.62. The first-order chi connectivity index (χ1) is 10.8. The highest BCUT2D eigenvalue weighted by molar-refractivity contribution is 7.99. The summed E-state index contributed by atoms with van der Waals surface area (Å²) in [6.07, 6.45) is 5.60. The van der Waals surface area contributed by atoms with Gasteiger partial charge in [-0.15, -0.1) is 0 Å².